The highest BCUT2D eigenvalue weighted by molar-refractivity contribution is 7.52. The van der Waals surface area contributed by atoms with Gasteiger partial charge in [-0.05, 0) is 12.3 Å². The van der Waals surface area contributed by atoms with Gasteiger partial charge in [-0.25, -0.2) is 0 Å². The van der Waals surface area contributed by atoms with Crippen LogP contribution in [0.3, 0.4) is 0 Å². The van der Waals surface area contributed by atoms with Crippen molar-refractivity contribution in [3.63, 3.8) is 0 Å². The fraction of sp³-hybridized carbons (Fsp3) is 0.962. The van der Waals surface area contributed by atoms with Crippen LogP contribution < -0.4 is 4.90 Å². The SMILES string of the molecule is CCCCCCCCCCCCCCC(C)COCC(COP(=O)(O)CC[NH+](C)C)OC(C)=O. The summed E-state index contributed by atoms with van der Waals surface area (Å²) in [6.07, 6.45) is 16.7. The number of carbonyl (C=O) groups is 1. The van der Waals surface area contributed by atoms with Gasteiger partial charge >= 0.3 is 13.6 Å². The van der Waals surface area contributed by atoms with Gasteiger partial charge in [0.05, 0.1) is 40.0 Å². The minimum atomic E-state index is -3.70. The number of ether oxygens (including phenoxy) is 2. The summed E-state index contributed by atoms with van der Waals surface area (Å²) in [6, 6.07) is 0. The third kappa shape index (κ3) is 23.3. The average molecular weight is 509 g/mol. The molecule has 0 fully saturated rings. The summed E-state index contributed by atoms with van der Waals surface area (Å²) in [5.74, 6) is -0.0266. The van der Waals surface area contributed by atoms with E-state index in [4.69, 9.17) is 14.0 Å². The molecule has 0 heterocycles. The van der Waals surface area contributed by atoms with Crippen LogP contribution in [0.1, 0.15) is 104 Å². The minimum absolute atomic E-state index is 0.0685. The van der Waals surface area contributed by atoms with Crippen molar-refractivity contribution in [2.75, 3.05) is 46.6 Å². The van der Waals surface area contributed by atoms with Crippen LogP contribution in [-0.4, -0.2) is 63.6 Å². The van der Waals surface area contributed by atoms with E-state index in [1.165, 1.54) is 84.0 Å². The van der Waals surface area contributed by atoms with E-state index >= 15 is 0 Å². The van der Waals surface area contributed by atoms with Crippen molar-refractivity contribution in [1.82, 2.24) is 0 Å². The number of unbranched alkanes of at least 4 members (excludes halogenated alkanes) is 11. The molecule has 0 spiro atoms. The number of hydrogen-bond donors (Lipinski definition) is 2. The molecule has 0 aromatic carbocycles. The zero-order valence-electron chi connectivity index (χ0n) is 22.8. The molecule has 204 valence electrons. The van der Waals surface area contributed by atoms with Gasteiger partial charge in [0.15, 0.2) is 0 Å². The van der Waals surface area contributed by atoms with Crippen LogP contribution in [0.25, 0.3) is 0 Å². The first-order valence-corrected chi connectivity index (χ1v) is 15.4. The highest BCUT2D eigenvalue weighted by Crippen LogP contribution is 2.41. The first kappa shape index (κ1) is 33.5. The summed E-state index contributed by atoms with van der Waals surface area (Å²) >= 11 is 0. The Balaban J connectivity index is 3.85. The van der Waals surface area contributed by atoms with Gasteiger partial charge < -0.3 is 23.8 Å². The third-order valence-electron chi connectivity index (χ3n) is 5.95. The molecule has 3 unspecified atom stereocenters. The van der Waals surface area contributed by atoms with E-state index in [2.05, 4.69) is 13.8 Å². The van der Waals surface area contributed by atoms with Gasteiger partial charge in [0, 0.05) is 13.5 Å². The largest absolute Gasteiger partial charge is 0.458 e. The lowest BCUT2D eigenvalue weighted by molar-refractivity contribution is -0.855. The van der Waals surface area contributed by atoms with E-state index in [-0.39, 0.29) is 19.4 Å². The summed E-state index contributed by atoms with van der Waals surface area (Å²) in [4.78, 5) is 22.4. The van der Waals surface area contributed by atoms with Crippen LogP contribution in [-0.2, 0) is 23.4 Å². The molecule has 7 nitrogen and oxygen atoms in total. The number of hydrogen-bond acceptors (Lipinski definition) is 5. The Bertz CT molecular complexity index is 531. The Morgan fingerprint density at radius 1 is 0.882 bits per heavy atom. The van der Waals surface area contributed by atoms with E-state index in [9.17, 15) is 14.3 Å². The molecular weight excluding hydrogens is 453 g/mol. The van der Waals surface area contributed by atoms with Crippen molar-refractivity contribution in [1.29, 1.82) is 0 Å². The molecule has 0 bridgehead atoms. The standard InChI is InChI=1S/C26H54NO6P/c1-6-7-8-9-10-11-12-13-14-15-16-17-18-24(2)21-31-22-26(33-25(3)28)23-32-34(29,30)20-19-27(4)5/h24,26H,6-23H2,1-5H3,(H,29,30)/p+1. The zero-order valence-corrected chi connectivity index (χ0v) is 23.7. The van der Waals surface area contributed by atoms with Gasteiger partial charge in [0.2, 0.25) is 0 Å². The molecule has 2 N–H and O–H groups in total. The molecule has 0 amide bonds. The molecule has 0 aromatic rings. The van der Waals surface area contributed by atoms with Gasteiger partial charge in [0.25, 0.3) is 0 Å². The van der Waals surface area contributed by atoms with Crippen molar-refractivity contribution in [2.24, 2.45) is 5.92 Å². The van der Waals surface area contributed by atoms with Crippen molar-refractivity contribution in [3.05, 3.63) is 0 Å². The molecule has 34 heavy (non-hydrogen) atoms. The Morgan fingerprint density at radius 2 is 1.41 bits per heavy atom. The molecule has 0 aliphatic heterocycles. The molecule has 0 aromatic heterocycles. The molecule has 8 heteroatoms. The van der Waals surface area contributed by atoms with Crippen molar-refractivity contribution in [2.45, 2.75) is 110 Å². The van der Waals surface area contributed by atoms with E-state index in [1.54, 1.807) is 0 Å². The molecule has 0 aliphatic rings. The molecule has 0 aliphatic carbocycles. The molecule has 0 rings (SSSR count). The quantitative estimate of drug-likeness (QED) is 0.108. The van der Waals surface area contributed by atoms with Crippen LogP contribution in [0.4, 0.5) is 0 Å². The number of esters is 1. The molecule has 0 saturated carbocycles. The van der Waals surface area contributed by atoms with E-state index < -0.39 is 19.7 Å². The van der Waals surface area contributed by atoms with Crippen LogP contribution in [0.15, 0.2) is 0 Å². The first-order valence-electron chi connectivity index (χ1n) is 13.7. The lowest BCUT2D eigenvalue weighted by Gasteiger charge is -2.20. The van der Waals surface area contributed by atoms with Crippen molar-refractivity contribution < 1.29 is 33.2 Å². The second-order valence-corrected chi connectivity index (χ2v) is 12.1. The van der Waals surface area contributed by atoms with Gasteiger partial charge in [-0.3, -0.25) is 9.36 Å². The summed E-state index contributed by atoms with van der Waals surface area (Å²) in [6.45, 7) is 6.89. The maximum Gasteiger partial charge on any atom is 0.333 e. The van der Waals surface area contributed by atoms with Crippen LogP contribution in [0.2, 0.25) is 0 Å². The molecule has 3 atom stereocenters. The van der Waals surface area contributed by atoms with Crippen LogP contribution in [0.5, 0.6) is 0 Å². The van der Waals surface area contributed by atoms with Gasteiger partial charge in [-0.1, -0.05) is 90.9 Å². The number of rotatable bonds is 24. The van der Waals surface area contributed by atoms with E-state index in [1.807, 2.05) is 14.1 Å². The molecule has 0 saturated heterocycles. The fourth-order valence-corrected chi connectivity index (χ4v) is 5.06. The predicted octanol–water partition coefficient (Wildman–Crippen LogP) is 5.01. The highest BCUT2D eigenvalue weighted by atomic mass is 31.2. The summed E-state index contributed by atoms with van der Waals surface area (Å²) < 4.78 is 28.3. The predicted molar refractivity (Wildman–Crippen MR) is 140 cm³/mol. The highest BCUT2D eigenvalue weighted by Gasteiger charge is 2.24. The Morgan fingerprint density at radius 3 is 1.91 bits per heavy atom. The summed E-state index contributed by atoms with van der Waals surface area (Å²) in [7, 11) is 0.122. The van der Waals surface area contributed by atoms with Crippen molar-refractivity contribution in [3.8, 4) is 0 Å². The molecular formula is C26H55NO6P+. The fourth-order valence-electron chi connectivity index (χ4n) is 3.80. The van der Waals surface area contributed by atoms with Crippen LogP contribution >= 0.6 is 7.60 Å². The number of nitrogens with one attached hydrogen (secondary N) is 1. The minimum Gasteiger partial charge on any atom is -0.458 e. The summed E-state index contributed by atoms with van der Waals surface area (Å²) in [5, 5.41) is 0. The normalized spacial score (nSPS) is 15.3. The third-order valence-corrected chi connectivity index (χ3v) is 7.29. The average Bonchev–Trinajstić information content (AvgIpc) is 2.76. The Kier molecular flexibility index (Phi) is 21.5. The van der Waals surface area contributed by atoms with Gasteiger partial charge in [-0.2, -0.15) is 0 Å². The Hall–Kier alpha value is -0.460. The van der Waals surface area contributed by atoms with Gasteiger partial charge in [-0.15, -0.1) is 0 Å². The first-order chi connectivity index (χ1) is 16.2. The smallest absolute Gasteiger partial charge is 0.333 e. The van der Waals surface area contributed by atoms with E-state index in [0.29, 0.717) is 19.1 Å². The van der Waals surface area contributed by atoms with Gasteiger partial charge in [0.1, 0.15) is 6.10 Å². The monoisotopic (exact) mass is 508 g/mol. The topological polar surface area (TPSA) is 86.5 Å². The Labute approximate surface area is 209 Å². The molecule has 0 radical (unpaired) electrons. The second-order valence-electron chi connectivity index (χ2n) is 10.2. The lowest BCUT2D eigenvalue weighted by Crippen LogP contribution is -3.06. The van der Waals surface area contributed by atoms with Crippen LogP contribution in [0, 0.1) is 5.92 Å². The second kappa shape index (κ2) is 21.8. The number of quaternary nitrogens is 1. The lowest BCUT2D eigenvalue weighted by atomic mass is 10.0. The zero-order chi connectivity index (χ0) is 25.7. The summed E-state index contributed by atoms with van der Waals surface area (Å²) in [5.41, 5.74) is 0. The van der Waals surface area contributed by atoms with E-state index in [0.717, 1.165) is 11.3 Å². The van der Waals surface area contributed by atoms with Crippen molar-refractivity contribution >= 4 is 13.6 Å². The maximum absolute atomic E-state index is 12.1. The maximum atomic E-state index is 12.1. The number of carbonyl (C=O) groups excluding carboxylic acids is 1.